The second-order valence-corrected chi connectivity index (χ2v) is 7.27. The number of amides is 1. The minimum absolute atomic E-state index is 0.211. The van der Waals surface area contributed by atoms with Crippen LogP contribution in [0.3, 0.4) is 0 Å². The van der Waals surface area contributed by atoms with Crippen LogP contribution in [0.2, 0.25) is 0 Å². The molecular formula is C16H16N4O2S2. The second kappa shape index (κ2) is 6.84. The smallest absolute Gasteiger partial charge is 0.276 e. The van der Waals surface area contributed by atoms with Crippen molar-refractivity contribution in [3.05, 3.63) is 40.2 Å². The standard InChI is InChI=1S/C16H16N4O2S2/c21-15(13-10-24-16(18-13)12-3-6-23-9-12)19-14-1-4-17-20(14)7-11-2-5-22-8-11/h1,3-4,6,9-11H,2,5,7-8H2,(H,19,21). The van der Waals surface area contributed by atoms with E-state index in [1.807, 2.05) is 21.5 Å². The van der Waals surface area contributed by atoms with Crippen molar-refractivity contribution in [1.29, 1.82) is 0 Å². The van der Waals surface area contributed by atoms with Crippen LogP contribution in [-0.4, -0.2) is 33.9 Å². The Bertz CT molecular complexity index is 819. The summed E-state index contributed by atoms with van der Waals surface area (Å²) in [5.74, 6) is 0.930. The van der Waals surface area contributed by atoms with E-state index in [9.17, 15) is 4.79 Å². The number of rotatable bonds is 5. The average Bonchev–Trinajstić information content (AvgIpc) is 3.37. The maximum atomic E-state index is 12.5. The quantitative estimate of drug-likeness (QED) is 0.757. The number of aromatic nitrogens is 3. The molecule has 0 bridgehead atoms. The number of nitrogens with zero attached hydrogens (tertiary/aromatic N) is 3. The number of hydrogen-bond donors (Lipinski definition) is 1. The minimum Gasteiger partial charge on any atom is -0.381 e. The number of thiophene rings is 1. The van der Waals surface area contributed by atoms with E-state index in [2.05, 4.69) is 15.4 Å². The molecule has 1 atom stereocenters. The van der Waals surface area contributed by atoms with Gasteiger partial charge in [0.25, 0.3) is 5.91 Å². The average molecular weight is 360 g/mol. The Kier molecular flexibility index (Phi) is 4.42. The maximum absolute atomic E-state index is 12.5. The number of carbonyl (C=O) groups excluding carboxylic acids is 1. The second-order valence-electron chi connectivity index (χ2n) is 5.63. The Morgan fingerprint density at radius 3 is 3.17 bits per heavy atom. The normalized spacial score (nSPS) is 17.2. The summed E-state index contributed by atoms with van der Waals surface area (Å²) in [6, 6.07) is 3.81. The predicted octanol–water partition coefficient (Wildman–Crippen LogP) is 3.36. The fourth-order valence-corrected chi connectivity index (χ4v) is 4.15. The molecule has 0 radical (unpaired) electrons. The van der Waals surface area contributed by atoms with E-state index >= 15 is 0 Å². The van der Waals surface area contributed by atoms with Crippen molar-refractivity contribution >= 4 is 34.4 Å². The first-order valence-corrected chi connectivity index (χ1v) is 9.51. The van der Waals surface area contributed by atoms with E-state index in [-0.39, 0.29) is 5.91 Å². The molecule has 1 N–H and O–H groups in total. The summed E-state index contributed by atoms with van der Waals surface area (Å²) < 4.78 is 7.22. The molecule has 3 aromatic rings. The summed E-state index contributed by atoms with van der Waals surface area (Å²) in [5.41, 5.74) is 1.48. The van der Waals surface area contributed by atoms with Gasteiger partial charge in [-0.25, -0.2) is 9.67 Å². The summed E-state index contributed by atoms with van der Waals surface area (Å²) >= 11 is 3.09. The van der Waals surface area contributed by atoms with Crippen molar-refractivity contribution in [2.45, 2.75) is 13.0 Å². The zero-order chi connectivity index (χ0) is 16.4. The fourth-order valence-electron chi connectivity index (χ4n) is 2.63. The molecule has 0 spiro atoms. The lowest BCUT2D eigenvalue weighted by atomic mass is 10.1. The van der Waals surface area contributed by atoms with Crippen molar-refractivity contribution in [3.8, 4) is 10.6 Å². The molecule has 24 heavy (non-hydrogen) atoms. The summed E-state index contributed by atoms with van der Waals surface area (Å²) in [4.78, 5) is 16.9. The number of anilines is 1. The number of thiazole rings is 1. The monoisotopic (exact) mass is 360 g/mol. The molecule has 1 aliphatic rings. The van der Waals surface area contributed by atoms with E-state index in [0.717, 1.165) is 36.8 Å². The van der Waals surface area contributed by atoms with Gasteiger partial charge in [0.1, 0.15) is 16.5 Å². The molecule has 8 heteroatoms. The van der Waals surface area contributed by atoms with Gasteiger partial charge in [-0.3, -0.25) is 4.79 Å². The van der Waals surface area contributed by atoms with Gasteiger partial charge in [-0.15, -0.1) is 11.3 Å². The van der Waals surface area contributed by atoms with Gasteiger partial charge in [0, 0.05) is 41.5 Å². The van der Waals surface area contributed by atoms with Gasteiger partial charge in [-0.1, -0.05) is 0 Å². The Hall–Kier alpha value is -2.03. The molecule has 1 fully saturated rings. The number of nitrogens with one attached hydrogen (secondary N) is 1. The first kappa shape index (κ1) is 15.5. The van der Waals surface area contributed by atoms with Crippen molar-refractivity contribution in [3.63, 3.8) is 0 Å². The first-order valence-electron chi connectivity index (χ1n) is 7.68. The van der Waals surface area contributed by atoms with Gasteiger partial charge < -0.3 is 10.1 Å². The third-order valence-electron chi connectivity index (χ3n) is 3.92. The van der Waals surface area contributed by atoms with E-state index in [1.54, 1.807) is 29.0 Å². The third kappa shape index (κ3) is 3.26. The molecule has 1 aliphatic heterocycles. The molecule has 1 unspecified atom stereocenters. The van der Waals surface area contributed by atoms with Crippen LogP contribution < -0.4 is 5.32 Å². The fraction of sp³-hybridized carbons (Fsp3) is 0.312. The Balaban J connectivity index is 1.45. The van der Waals surface area contributed by atoms with E-state index < -0.39 is 0 Å². The molecule has 4 heterocycles. The Morgan fingerprint density at radius 1 is 1.42 bits per heavy atom. The number of hydrogen-bond acceptors (Lipinski definition) is 6. The Labute approximate surface area is 147 Å². The van der Waals surface area contributed by atoms with Gasteiger partial charge >= 0.3 is 0 Å². The maximum Gasteiger partial charge on any atom is 0.276 e. The molecule has 4 rings (SSSR count). The van der Waals surface area contributed by atoms with Crippen LogP contribution in [0.15, 0.2) is 34.5 Å². The van der Waals surface area contributed by atoms with Crippen LogP contribution in [0.4, 0.5) is 5.82 Å². The van der Waals surface area contributed by atoms with Crippen molar-refractivity contribution in [2.75, 3.05) is 18.5 Å². The summed E-state index contributed by atoms with van der Waals surface area (Å²) in [5, 5.41) is 13.9. The molecule has 1 amide bonds. The predicted molar refractivity (Wildman–Crippen MR) is 94.5 cm³/mol. The highest BCUT2D eigenvalue weighted by Crippen LogP contribution is 2.26. The van der Waals surface area contributed by atoms with Gasteiger partial charge in [0.05, 0.1) is 12.8 Å². The minimum atomic E-state index is -0.211. The summed E-state index contributed by atoms with van der Waals surface area (Å²) in [6.07, 6.45) is 2.73. The van der Waals surface area contributed by atoms with Crippen LogP contribution in [0, 0.1) is 5.92 Å². The van der Waals surface area contributed by atoms with Crippen LogP contribution in [0.5, 0.6) is 0 Å². The van der Waals surface area contributed by atoms with Crippen LogP contribution in [0.1, 0.15) is 16.9 Å². The number of carbonyl (C=O) groups is 1. The highest BCUT2D eigenvalue weighted by molar-refractivity contribution is 7.14. The SMILES string of the molecule is O=C(Nc1ccnn1CC1CCOC1)c1csc(-c2ccsc2)n1. The lowest BCUT2D eigenvalue weighted by Gasteiger charge is -2.11. The highest BCUT2D eigenvalue weighted by Gasteiger charge is 2.19. The van der Waals surface area contributed by atoms with Crippen LogP contribution in [0.25, 0.3) is 10.6 Å². The molecular weight excluding hydrogens is 344 g/mol. The van der Waals surface area contributed by atoms with Gasteiger partial charge in [-0.2, -0.15) is 16.4 Å². The van der Waals surface area contributed by atoms with Crippen molar-refractivity contribution in [1.82, 2.24) is 14.8 Å². The third-order valence-corrected chi connectivity index (χ3v) is 5.49. The van der Waals surface area contributed by atoms with Gasteiger partial charge in [0.2, 0.25) is 0 Å². The lowest BCUT2D eigenvalue weighted by molar-refractivity contribution is 0.102. The molecule has 6 nitrogen and oxygen atoms in total. The zero-order valence-corrected chi connectivity index (χ0v) is 14.5. The van der Waals surface area contributed by atoms with Crippen LogP contribution in [-0.2, 0) is 11.3 Å². The number of ether oxygens (including phenoxy) is 1. The lowest BCUT2D eigenvalue weighted by Crippen LogP contribution is -2.19. The van der Waals surface area contributed by atoms with Gasteiger partial charge in [0.15, 0.2) is 0 Å². The molecule has 0 aromatic carbocycles. The van der Waals surface area contributed by atoms with E-state index in [0.29, 0.717) is 17.4 Å². The molecule has 0 aliphatic carbocycles. The first-order chi connectivity index (χ1) is 11.8. The molecule has 0 saturated carbocycles. The van der Waals surface area contributed by atoms with E-state index in [4.69, 9.17) is 4.74 Å². The Morgan fingerprint density at radius 2 is 2.38 bits per heavy atom. The molecule has 3 aromatic heterocycles. The topological polar surface area (TPSA) is 69.0 Å². The molecule has 1 saturated heterocycles. The van der Waals surface area contributed by atoms with Crippen LogP contribution >= 0.6 is 22.7 Å². The highest BCUT2D eigenvalue weighted by atomic mass is 32.1. The zero-order valence-electron chi connectivity index (χ0n) is 12.8. The molecule has 124 valence electrons. The summed E-state index contributed by atoms with van der Waals surface area (Å²) in [6.45, 7) is 2.31. The van der Waals surface area contributed by atoms with Gasteiger partial charge in [-0.05, 0) is 17.9 Å². The van der Waals surface area contributed by atoms with E-state index in [1.165, 1.54) is 11.3 Å². The van der Waals surface area contributed by atoms with Crippen molar-refractivity contribution < 1.29 is 9.53 Å². The van der Waals surface area contributed by atoms with Crippen molar-refractivity contribution in [2.24, 2.45) is 5.92 Å². The summed E-state index contributed by atoms with van der Waals surface area (Å²) in [7, 11) is 0. The largest absolute Gasteiger partial charge is 0.381 e.